The molecule has 150 valence electrons. The standard InChI is InChI=1S/C22H22N2O5/c1-15-4-2-10-24-20(25)12-17(23-21(15)24)13-29-22(26)16-6-8-18(9-7-16)28-14-19-5-3-11-27-19/h2,4,6-10,12,19H,3,5,11,13-14H2,1H3/t19-/m0/s1. The molecule has 29 heavy (non-hydrogen) atoms. The predicted octanol–water partition coefficient (Wildman–Crippen LogP) is 2.92. The Morgan fingerprint density at radius 2 is 2.10 bits per heavy atom. The lowest BCUT2D eigenvalue weighted by molar-refractivity contribution is 0.0467. The Balaban J connectivity index is 1.37. The van der Waals surface area contributed by atoms with Crippen LogP contribution < -0.4 is 10.3 Å². The van der Waals surface area contributed by atoms with E-state index < -0.39 is 5.97 Å². The van der Waals surface area contributed by atoms with Crippen LogP contribution >= 0.6 is 0 Å². The van der Waals surface area contributed by atoms with Crippen molar-refractivity contribution >= 4 is 11.6 Å². The van der Waals surface area contributed by atoms with Crippen molar-refractivity contribution in [2.24, 2.45) is 0 Å². The van der Waals surface area contributed by atoms with Gasteiger partial charge in [-0.05, 0) is 55.7 Å². The highest BCUT2D eigenvalue weighted by molar-refractivity contribution is 5.89. The Labute approximate surface area is 167 Å². The van der Waals surface area contributed by atoms with Gasteiger partial charge >= 0.3 is 5.97 Å². The molecule has 0 aliphatic carbocycles. The number of fused-ring (bicyclic) bond motifs is 1. The van der Waals surface area contributed by atoms with Gasteiger partial charge in [-0.3, -0.25) is 9.20 Å². The molecule has 3 heterocycles. The monoisotopic (exact) mass is 394 g/mol. The second-order valence-electron chi connectivity index (χ2n) is 7.02. The molecule has 4 rings (SSSR count). The maximum atomic E-state index is 12.3. The van der Waals surface area contributed by atoms with Crippen LogP contribution in [0.25, 0.3) is 5.65 Å². The molecular formula is C22H22N2O5. The molecule has 0 radical (unpaired) electrons. The van der Waals surface area contributed by atoms with Crippen molar-refractivity contribution in [3.8, 4) is 5.75 Å². The molecule has 1 atom stereocenters. The molecule has 1 aliphatic heterocycles. The highest BCUT2D eigenvalue weighted by Crippen LogP contribution is 2.17. The summed E-state index contributed by atoms with van der Waals surface area (Å²) >= 11 is 0. The molecule has 7 heteroatoms. The summed E-state index contributed by atoms with van der Waals surface area (Å²) in [6, 6.07) is 11.8. The number of aromatic nitrogens is 2. The van der Waals surface area contributed by atoms with Gasteiger partial charge in [0.2, 0.25) is 0 Å². The Morgan fingerprint density at radius 3 is 2.86 bits per heavy atom. The van der Waals surface area contributed by atoms with Crippen LogP contribution in [0.3, 0.4) is 0 Å². The van der Waals surface area contributed by atoms with Crippen molar-refractivity contribution in [3.63, 3.8) is 0 Å². The molecule has 0 N–H and O–H groups in total. The fraction of sp³-hybridized carbons (Fsp3) is 0.318. The van der Waals surface area contributed by atoms with Crippen LogP contribution in [-0.2, 0) is 16.1 Å². The predicted molar refractivity (Wildman–Crippen MR) is 106 cm³/mol. The number of rotatable bonds is 6. The smallest absolute Gasteiger partial charge is 0.338 e. The van der Waals surface area contributed by atoms with Gasteiger partial charge in [0.1, 0.15) is 24.6 Å². The summed E-state index contributed by atoms with van der Waals surface area (Å²) in [6.07, 6.45) is 3.88. The zero-order valence-corrected chi connectivity index (χ0v) is 16.2. The number of nitrogens with zero attached hydrogens (tertiary/aromatic N) is 2. The van der Waals surface area contributed by atoms with Gasteiger partial charge in [-0.25, -0.2) is 9.78 Å². The fourth-order valence-corrected chi connectivity index (χ4v) is 3.26. The first-order valence-electron chi connectivity index (χ1n) is 9.59. The van der Waals surface area contributed by atoms with Crippen LogP contribution in [0.1, 0.15) is 34.5 Å². The van der Waals surface area contributed by atoms with Crippen LogP contribution in [0.4, 0.5) is 0 Å². The number of hydrogen-bond donors (Lipinski definition) is 0. The molecule has 0 unspecified atom stereocenters. The largest absolute Gasteiger partial charge is 0.491 e. The van der Waals surface area contributed by atoms with E-state index in [2.05, 4.69) is 4.98 Å². The lowest BCUT2D eigenvalue weighted by atomic mass is 10.2. The minimum Gasteiger partial charge on any atom is -0.491 e. The normalized spacial score (nSPS) is 16.1. The minimum absolute atomic E-state index is 0.0732. The summed E-state index contributed by atoms with van der Waals surface area (Å²) in [5, 5.41) is 0. The van der Waals surface area contributed by atoms with Crippen LogP contribution in [0.5, 0.6) is 5.75 Å². The number of pyridine rings is 1. The van der Waals surface area contributed by atoms with Crippen LogP contribution in [0.15, 0.2) is 53.5 Å². The van der Waals surface area contributed by atoms with Crippen LogP contribution in [-0.4, -0.2) is 34.7 Å². The molecule has 0 amide bonds. The van der Waals surface area contributed by atoms with Crippen LogP contribution in [0.2, 0.25) is 0 Å². The molecule has 0 saturated carbocycles. The molecule has 7 nitrogen and oxygen atoms in total. The fourth-order valence-electron chi connectivity index (χ4n) is 3.26. The molecule has 0 spiro atoms. The van der Waals surface area contributed by atoms with E-state index in [1.54, 1.807) is 36.5 Å². The Morgan fingerprint density at radius 1 is 1.28 bits per heavy atom. The van der Waals surface area contributed by atoms with Crippen molar-refractivity contribution in [2.75, 3.05) is 13.2 Å². The van der Waals surface area contributed by atoms with Gasteiger partial charge in [-0.2, -0.15) is 0 Å². The molecule has 1 aromatic carbocycles. The molecule has 3 aromatic rings. The molecule has 0 bridgehead atoms. The van der Waals surface area contributed by atoms with E-state index in [0.717, 1.165) is 25.0 Å². The number of esters is 1. The zero-order chi connectivity index (χ0) is 20.2. The highest BCUT2D eigenvalue weighted by Gasteiger charge is 2.16. The third kappa shape index (κ3) is 4.46. The summed E-state index contributed by atoms with van der Waals surface area (Å²) in [7, 11) is 0. The molecule has 1 aliphatic rings. The second-order valence-corrected chi connectivity index (χ2v) is 7.02. The maximum absolute atomic E-state index is 12.3. The van der Waals surface area contributed by atoms with Gasteiger partial charge in [0.25, 0.3) is 5.56 Å². The molecule has 2 aromatic heterocycles. The summed E-state index contributed by atoms with van der Waals surface area (Å²) in [6.45, 7) is 3.10. The lowest BCUT2D eigenvalue weighted by Gasteiger charge is -2.11. The van der Waals surface area contributed by atoms with E-state index >= 15 is 0 Å². The third-order valence-corrected chi connectivity index (χ3v) is 4.84. The van der Waals surface area contributed by atoms with Gasteiger partial charge in [0.15, 0.2) is 0 Å². The zero-order valence-electron chi connectivity index (χ0n) is 16.2. The van der Waals surface area contributed by atoms with Crippen molar-refractivity contribution < 1.29 is 19.0 Å². The Kier molecular flexibility index (Phi) is 5.57. The van der Waals surface area contributed by atoms with E-state index in [4.69, 9.17) is 14.2 Å². The van der Waals surface area contributed by atoms with E-state index in [1.807, 2.05) is 13.0 Å². The average molecular weight is 394 g/mol. The quantitative estimate of drug-likeness (QED) is 0.598. The van der Waals surface area contributed by atoms with E-state index in [9.17, 15) is 9.59 Å². The van der Waals surface area contributed by atoms with Crippen LogP contribution in [0, 0.1) is 6.92 Å². The number of hydrogen-bond acceptors (Lipinski definition) is 6. The summed E-state index contributed by atoms with van der Waals surface area (Å²) in [5.41, 5.74) is 2.03. The maximum Gasteiger partial charge on any atom is 0.338 e. The summed E-state index contributed by atoms with van der Waals surface area (Å²) in [4.78, 5) is 29.0. The molecular weight excluding hydrogens is 372 g/mol. The molecule has 1 saturated heterocycles. The topological polar surface area (TPSA) is 79.1 Å². The van der Waals surface area contributed by atoms with Crippen molar-refractivity contribution in [2.45, 2.75) is 32.5 Å². The Hall–Kier alpha value is -3.19. The third-order valence-electron chi connectivity index (χ3n) is 4.84. The minimum atomic E-state index is -0.484. The number of ether oxygens (including phenoxy) is 3. The number of carbonyl (C=O) groups is 1. The van der Waals surface area contributed by atoms with E-state index in [0.29, 0.717) is 29.3 Å². The van der Waals surface area contributed by atoms with Crippen molar-refractivity contribution in [3.05, 3.63) is 75.8 Å². The van der Waals surface area contributed by atoms with Gasteiger partial charge in [-0.15, -0.1) is 0 Å². The number of benzene rings is 1. The Bertz CT molecular complexity index is 1070. The van der Waals surface area contributed by atoms with Gasteiger partial charge in [-0.1, -0.05) is 6.07 Å². The second kappa shape index (κ2) is 8.45. The van der Waals surface area contributed by atoms with Crippen molar-refractivity contribution in [1.82, 2.24) is 9.38 Å². The van der Waals surface area contributed by atoms with E-state index in [1.165, 1.54) is 10.5 Å². The summed E-state index contributed by atoms with van der Waals surface area (Å²) < 4.78 is 18.0. The first-order valence-corrected chi connectivity index (χ1v) is 9.59. The average Bonchev–Trinajstić information content (AvgIpc) is 3.25. The first kappa shape index (κ1) is 19.1. The lowest BCUT2D eigenvalue weighted by Crippen LogP contribution is -2.17. The highest BCUT2D eigenvalue weighted by atomic mass is 16.5. The molecule has 1 fully saturated rings. The number of aryl methyl sites for hydroxylation is 1. The SMILES string of the molecule is Cc1cccn2c(=O)cc(COC(=O)c3ccc(OC[C@@H]4CCCO4)cc3)nc12. The number of carbonyl (C=O) groups excluding carboxylic acids is 1. The first-order chi connectivity index (χ1) is 14.1. The van der Waals surface area contributed by atoms with Gasteiger partial charge in [0, 0.05) is 18.9 Å². The van der Waals surface area contributed by atoms with Gasteiger partial charge in [0.05, 0.1) is 17.4 Å². The van der Waals surface area contributed by atoms with Gasteiger partial charge < -0.3 is 14.2 Å². The summed E-state index contributed by atoms with van der Waals surface area (Å²) in [5.74, 6) is 0.194. The van der Waals surface area contributed by atoms with E-state index in [-0.39, 0.29) is 18.3 Å². The van der Waals surface area contributed by atoms with Crippen molar-refractivity contribution in [1.29, 1.82) is 0 Å².